The molecule has 2 N–H and O–H groups in total. The number of imidazole rings is 1. The predicted molar refractivity (Wildman–Crippen MR) is 113 cm³/mol. The van der Waals surface area contributed by atoms with Crippen LogP contribution in [0.2, 0.25) is 0 Å². The van der Waals surface area contributed by atoms with Gasteiger partial charge in [0, 0.05) is 41.2 Å². The van der Waals surface area contributed by atoms with Crippen molar-refractivity contribution in [1.82, 2.24) is 14.6 Å². The molecule has 0 spiro atoms. The van der Waals surface area contributed by atoms with Gasteiger partial charge in [-0.15, -0.1) is 0 Å². The molecule has 0 atom stereocenters. The second-order valence-electron chi connectivity index (χ2n) is 6.88. The lowest BCUT2D eigenvalue weighted by atomic mass is 9.95. The number of methoxy groups -OCH3 is 1. The summed E-state index contributed by atoms with van der Waals surface area (Å²) in [5.74, 6) is 1.68. The van der Waals surface area contributed by atoms with Crippen LogP contribution in [0, 0.1) is 0 Å². The van der Waals surface area contributed by atoms with E-state index in [9.17, 15) is 0 Å². The Morgan fingerprint density at radius 3 is 2.52 bits per heavy atom. The van der Waals surface area contributed by atoms with Gasteiger partial charge in [0.05, 0.1) is 24.7 Å². The third kappa shape index (κ3) is 3.04. The van der Waals surface area contributed by atoms with Gasteiger partial charge in [0.1, 0.15) is 11.6 Å². The molecule has 0 bridgehead atoms. The molecule has 6 heteroatoms. The van der Waals surface area contributed by atoms with Gasteiger partial charge in [-0.2, -0.15) is 5.10 Å². The van der Waals surface area contributed by atoms with Crippen LogP contribution in [0.25, 0.3) is 11.3 Å². The van der Waals surface area contributed by atoms with Crippen LogP contribution in [-0.4, -0.2) is 27.5 Å². The normalized spacial score (nSPS) is 12.5. The highest BCUT2D eigenvalue weighted by Gasteiger charge is 2.22. The first-order valence-corrected chi connectivity index (χ1v) is 9.32. The summed E-state index contributed by atoms with van der Waals surface area (Å²) in [6.45, 7) is 0. The molecule has 0 saturated carbocycles. The Morgan fingerprint density at radius 1 is 0.966 bits per heavy atom. The van der Waals surface area contributed by atoms with Crippen LogP contribution in [0.15, 0.2) is 78.3 Å². The van der Waals surface area contributed by atoms with E-state index in [0.29, 0.717) is 6.42 Å². The summed E-state index contributed by atoms with van der Waals surface area (Å²) in [6.07, 6.45) is 6.09. The summed E-state index contributed by atoms with van der Waals surface area (Å²) in [7, 11) is 1.67. The second kappa shape index (κ2) is 6.91. The number of rotatable bonds is 3. The van der Waals surface area contributed by atoms with E-state index in [4.69, 9.17) is 15.6 Å². The minimum absolute atomic E-state index is 0.673. The number of anilines is 1. The predicted octanol–water partition coefficient (Wildman–Crippen LogP) is 3.74. The molecule has 1 aliphatic heterocycles. The van der Waals surface area contributed by atoms with Crippen LogP contribution in [0.5, 0.6) is 5.75 Å². The van der Waals surface area contributed by atoms with Gasteiger partial charge >= 0.3 is 0 Å². The molecule has 0 unspecified atom stereocenters. The highest BCUT2D eigenvalue weighted by atomic mass is 16.5. The van der Waals surface area contributed by atoms with Gasteiger partial charge in [-0.1, -0.05) is 18.2 Å². The first-order valence-electron chi connectivity index (χ1n) is 9.32. The molecule has 2 aromatic carbocycles. The number of fused-ring (bicyclic) bond motifs is 2. The van der Waals surface area contributed by atoms with Crippen molar-refractivity contribution < 1.29 is 4.74 Å². The molecule has 142 valence electrons. The van der Waals surface area contributed by atoms with Gasteiger partial charge in [-0.25, -0.2) is 9.66 Å². The van der Waals surface area contributed by atoms with Gasteiger partial charge in [0.15, 0.2) is 0 Å². The molecule has 6 nitrogen and oxygen atoms in total. The highest BCUT2D eigenvalue weighted by molar-refractivity contribution is 6.14. The van der Waals surface area contributed by atoms with E-state index in [-0.39, 0.29) is 0 Å². The van der Waals surface area contributed by atoms with Crippen molar-refractivity contribution in [2.45, 2.75) is 6.42 Å². The number of aromatic nitrogens is 3. The zero-order chi connectivity index (χ0) is 19.8. The summed E-state index contributed by atoms with van der Waals surface area (Å²) in [6, 6.07) is 17.8. The monoisotopic (exact) mass is 381 g/mol. The number of nitrogens with two attached hydrogens (primary N) is 1. The molecule has 1 aliphatic rings. The van der Waals surface area contributed by atoms with Crippen LogP contribution in [-0.2, 0) is 6.42 Å². The fraction of sp³-hybridized carbons (Fsp3) is 0.0870. The molecular weight excluding hydrogens is 362 g/mol. The third-order valence-corrected chi connectivity index (χ3v) is 5.09. The van der Waals surface area contributed by atoms with Crippen molar-refractivity contribution in [2.24, 2.45) is 5.10 Å². The van der Waals surface area contributed by atoms with E-state index in [2.05, 4.69) is 16.0 Å². The largest absolute Gasteiger partial charge is 0.497 e. The number of benzene rings is 2. The van der Waals surface area contributed by atoms with E-state index < -0.39 is 0 Å². The standard InChI is InChI=1S/C23H19N5O/c1-29-19-7-4-17-12-22-26-14-21(15-8-10-25-11-9-15)28(22)27-23(20(17)13-19)16-2-5-18(24)6-3-16/h2-11,13-14H,12,24H2,1H3. The maximum atomic E-state index is 5.91. The van der Waals surface area contributed by atoms with E-state index in [1.54, 1.807) is 19.5 Å². The molecule has 0 aliphatic carbocycles. The SMILES string of the molecule is COc1ccc2c(c1)C(c1ccc(N)cc1)=Nn1c(-c3ccncc3)cnc1C2. The molecule has 0 radical (unpaired) electrons. The molecular formula is C23H19N5O. The van der Waals surface area contributed by atoms with Crippen molar-refractivity contribution in [3.8, 4) is 17.0 Å². The lowest BCUT2D eigenvalue weighted by molar-refractivity contribution is 0.414. The van der Waals surface area contributed by atoms with Crippen LogP contribution < -0.4 is 10.5 Å². The Kier molecular flexibility index (Phi) is 4.09. The average Bonchev–Trinajstić information content (AvgIpc) is 3.08. The van der Waals surface area contributed by atoms with Gasteiger partial charge in [0.2, 0.25) is 0 Å². The summed E-state index contributed by atoms with van der Waals surface area (Å²) < 4.78 is 7.40. The third-order valence-electron chi connectivity index (χ3n) is 5.09. The van der Waals surface area contributed by atoms with E-state index in [0.717, 1.165) is 50.9 Å². The quantitative estimate of drug-likeness (QED) is 0.483. The molecule has 0 saturated heterocycles. The smallest absolute Gasteiger partial charge is 0.135 e. The Balaban J connectivity index is 1.76. The zero-order valence-corrected chi connectivity index (χ0v) is 15.9. The average molecular weight is 381 g/mol. The summed E-state index contributed by atoms with van der Waals surface area (Å²) >= 11 is 0. The number of hydrogen-bond acceptors (Lipinski definition) is 5. The molecule has 4 aromatic rings. The fourth-order valence-corrected chi connectivity index (χ4v) is 3.57. The van der Waals surface area contributed by atoms with Crippen molar-refractivity contribution >= 4 is 11.4 Å². The Hall–Kier alpha value is -3.93. The molecule has 5 rings (SSSR count). The Labute approximate surface area is 168 Å². The molecule has 2 aromatic heterocycles. The van der Waals surface area contributed by atoms with E-state index in [1.165, 1.54) is 0 Å². The summed E-state index contributed by atoms with van der Waals surface area (Å²) in [5, 5.41) is 5.05. The van der Waals surface area contributed by atoms with Crippen molar-refractivity contribution in [2.75, 3.05) is 12.8 Å². The maximum Gasteiger partial charge on any atom is 0.135 e. The Bertz CT molecular complexity index is 1210. The van der Waals surface area contributed by atoms with E-state index in [1.807, 2.05) is 59.4 Å². The lowest BCUT2D eigenvalue weighted by Gasteiger charge is -2.12. The van der Waals surface area contributed by atoms with Crippen molar-refractivity contribution in [3.63, 3.8) is 0 Å². The van der Waals surface area contributed by atoms with Crippen molar-refractivity contribution in [1.29, 1.82) is 0 Å². The topological polar surface area (TPSA) is 78.3 Å². The van der Waals surface area contributed by atoms with Gasteiger partial charge in [-0.05, 0) is 42.0 Å². The second-order valence-corrected chi connectivity index (χ2v) is 6.88. The highest BCUT2D eigenvalue weighted by Crippen LogP contribution is 2.29. The first-order chi connectivity index (χ1) is 14.2. The van der Waals surface area contributed by atoms with Crippen molar-refractivity contribution in [3.05, 3.63) is 95.7 Å². The first kappa shape index (κ1) is 17.2. The summed E-state index contributed by atoms with van der Waals surface area (Å²) in [4.78, 5) is 8.78. The van der Waals surface area contributed by atoms with Gasteiger partial charge in [-0.3, -0.25) is 4.98 Å². The van der Waals surface area contributed by atoms with Crippen LogP contribution in [0.3, 0.4) is 0 Å². The van der Waals surface area contributed by atoms with Crippen LogP contribution in [0.1, 0.15) is 22.5 Å². The van der Waals surface area contributed by atoms with E-state index >= 15 is 0 Å². The number of hydrogen-bond donors (Lipinski definition) is 1. The minimum atomic E-state index is 0.673. The lowest BCUT2D eigenvalue weighted by Crippen LogP contribution is -2.08. The minimum Gasteiger partial charge on any atom is -0.497 e. The summed E-state index contributed by atoms with van der Waals surface area (Å²) in [5.41, 5.74) is 12.6. The maximum absolute atomic E-state index is 5.91. The number of pyridine rings is 1. The molecule has 0 fully saturated rings. The number of ether oxygens (including phenoxy) is 1. The zero-order valence-electron chi connectivity index (χ0n) is 15.9. The number of nitrogen functional groups attached to an aromatic ring is 1. The van der Waals surface area contributed by atoms with Crippen LogP contribution in [0.4, 0.5) is 5.69 Å². The van der Waals surface area contributed by atoms with Crippen LogP contribution >= 0.6 is 0 Å². The molecule has 29 heavy (non-hydrogen) atoms. The van der Waals surface area contributed by atoms with Gasteiger partial charge in [0.25, 0.3) is 0 Å². The number of nitrogens with zero attached hydrogens (tertiary/aromatic N) is 4. The molecule has 3 heterocycles. The molecule has 0 amide bonds. The van der Waals surface area contributed by atoms with Gasteiger partial charge < -0.3 is 10.5 Å². The fourth-order valence-electron chi connectivity index (χ4n) is 3.57. The Morgan fingerprint density at radius 2 is 1.76 bits per heavy atom.